The normalized spacial score (nSPS) is 36.1. The Bertz CT molecular complexity index is 1900. The number of nitrogen functional groups attached to an aromatic ring is 2. The van der Waals surface area contributed by atoms with Gasteiger partial charge < -0.3 is 30.9 Å². The standard InChI is InChI=1S/C20H23FN11O10PS/c21-9-13-8(40-19(9)31-5-28-10-15(22)24-3-26-17(10)31)2-38-43(34,35)41-14-12(33)7(1-30-44(36,37)42-13)39-20(14)32-6-29-11-16(23)25-4-27-18(11)32/h3-9,12-14,19-20,30,33H,1-2H2,(H,34,35)(H2,22,24,26)(H2,23,25,27)/t7?,8-,9-,12-,13-,14-,19?,20-/m1/s1. The minimum Gasteiger partial charge on any atom is -0.387 e. The first kappa shape index (κ1) is 29.2. The lowest BCUT2D eigenvalue weighted by atomic mass is 10.1. The van der Waals surface area contributed by atoms with Crippen LogP contribution < -0.4 is 16.2 Å². The largest absolute Gasteiger partial charge is 0.472 e. The molecule has 21 nitrogen and oxygen atoms in total. The monoisotopic (exact) mass is 659 g/mol. The number of nitrogens with zero attached hydrogens (tertiary/aromatic N) is 8. The molecule has 236 valence electrons. The molecule has 0 spiro atoms. The molecule has 44 heavy (non-hydrogen) atoms. The SMILES string of the molecule is Nc1ncnc2c1ncn2C1O[C@@H]2COP(=O)(O)O[C@@H]3[C@H](O)C(CNS(=O)(=O)O[C@H]2[C@H]1F)O[C@H]3n1cnc2c(N)ncnc21. The van der Waals surface area contributed by atoms with Gasteiger partial charge in [-0.25, -0.2) is 43.0 Å². The third-order valence-corrected chi connectivity index (χ3v) is 9.24. The van der Waals surface area contributed by atoms with Crippen LogP contribution in [-0.4, -0.2) is 107 Å². The molecule has 0 aromatic carbocycles. The summed E-state index contributed by atoms with van der Waals surface area (Å²) in [6.07, 6.45) is -8.62. The number of alkyl halides is 1. The van der Waals surface area contributed by atoms with Crippen molar-refractivity contribution in [3.8, 4) is 0 Å². The number of hydrogen-bond acceptors (Lipinski definition) is 17. The third kappa shape index (κ3) is 4.95. The maximum Gasteiger partial charge on any atom is 0.472 e. The molecule has 0 aliphatic carbocycles. The van der Waals surface area contributed by atoms with E-state index in [-0.39, 0.29) is 34.0 Å². The molecule has 7 heterocycles. The van der Waals surface area contributed by atoms with Crippen LogP contribution in [-0.2, 0) is 37.6 Å². The number of anilines is 2. The van der Waals surface area contributed by atoms with Gasteiger partial charge in [-0.2, -0.15) is 13.1 Å². The Morgan fingerprint density at radius 3 is 2.16 bits per heavy atom. The van der Waals surface area contributed by atoms with Gasteiger partial charge in [0.05, 0.1) is 19.3 Å². The summed E-state index contributed by atoms with van der Waals surface area (Å²) in [5.41, 5.74) is 12.1. The van der Waals surface area contributed by atoms with Gasteiger partial charge in [-0.05, 0) is 0 Å². The van der Waals surface area contributed by atoms with Crippen LogP contribution in [0.25, 0.3) is 22.3 Å². The van der Waals surface area contributed by atoms with E-state index in [4.69, 9.17) is 34.2 Å². The van der Waals surface area contributed by atoms with Gasteiger partial charge in [0.15, 0.2) is 41.6 Å². The molecule has 4 aromatic rings. The summed E-state index contributed by atoms with van der Waals surface area (Å²) in [5, 5.41) is 11.0. The zero-order chi connectivity index (χ0) is 31.0. The van der Waals surface area contributed by atoms with E-state index < -0.39 is 80.4 Å². The Hall–Kier alpha value is -3.51. The number of rotatable bonds is 2. The number of nitrogens with two attached hydrogens (primary N) is 2. The zero-order valence-corrected chi connectivity index (χ0v) is 23.7. The third-order valence-electron chi connectivity index (χ3n) is 7.26. The van der Waals surface area contributed by atoms with Crippen molar-refractivity contribution in [3.05, 3.63) is 25.3 Å². The molecular weight excluding hydrogens is 636 g/mol. The van der Waals surface area contributed by atoms with Crippen LogP contribution in [0.15, 0.2) is 25.3 Å². The van der Waals surface area contributed by atoms with Crippen LogP contribution in [0.4, 0.5) is 16.0 Å². The number of fused-ring (bicyclic) bond motifs is 5. The number of imidazole rings is 2. The molecule has 3 saturated heterocycles. The van der Waals surface area contributed by atoms with Gasteiger partial charge in [0.1, 0.15) is 54.2 Å². The van der Waals surface area contributed by atoms with Gasteiger partial charge in [-0.1, -0.05) is 0 Å². The van der Waals surface area contributed by atoms with Crippen LogP contribution >= 0.6 is 7.82 Å². The number of halogens is 1. The Morgan fingerprint density at radius 2 is 1.52 bits per heavy atom. The van der Waals surface area contributed by atoms with E-state index in [1.165, 1.54) is 10.9 Å². The minimum atomic E-state index is -5.09. The van der Waals surface area contributed by atoms with Crippen LogP contribution in [0.1, 0.15) is 12.5 Å². The predicted octanol–water partition coefficient (Wildman–Crippen LogP) is -1.94. The first-order valence-electron chi connectivity index (χ1n) is 12.7. The fraction of sp³-hybridized carbons (Fsp3) is 0.500. The highest BCUT2D eigenvalue weighted by atomic mass is 32.2. The molecule has 4 aromatic heterocycles. The first-order valence-corrected chi connectivity index (χ1v) is 15.7. The highest BCUT2D eigenvalue weighted by molar-refractivity contribution is 7.84. The predicted molar refractivity (Wildman–Crippen MR) is 141 cm³/mol. The minimum absolute atomic E-state index is 0.00591. The lowest BCUT2D eigenvalue weighted by Gasteiger charge is -2.25. The highest BCUT2D eigenvalue weighted by Gasteiger charge is 2.53. The molecule has 0 amide bonds. The van der Waals surface area contributed by atoms with Gasteiger partial charge in [0, 0.05) is 6.54 Å². The molecule has 7 N–H and O–H groups in total. The molecule has 3 aliphatic heterocycles. The molecular formula is C20H23FN11O10PS. The number of ether oxygens (including phenoxy) is 2. The Morgan fingerprint density at radius 1 is 0.932 bits per heavy atom. The first-order chi connectivity index (χ1) is 20.9. The maximum absolute atomic E-state index is 15.9. The quantitative estimate of drug-likeness (QED) is 0.146. The molecule has 9 atom stereocenters. The van der Waals surface area contributed by atoms with Crippen molar-refractivity contribution in [1.29, 1.82) is 0 Å². The summed E-state index contributed by atoms with van der Waals surface area (Å²) in [4.78, 5) is 34.6. The van der Waals surface area contributed by atoms with Crippen molar-refractivity contribution in [2.45, 2.75) is 49.1 Å². The molecule has 3 aliphatic rings. The summed E-state index contributed by atoms with van der Waals surface area (Å²) in [6.45, 7) is -1.51. The Labute approximate surface area is 245 Å². The molecule has 7 rings (SSSR count). The summed E-state index contributed by atoms with van der Waals surface area (Å²) in [6, 6.07) is 0. The van der Waals surface area contributed by atoms with Crippen LogP contribution in [0.3, 0.4) is 0 Å². The van der Waals surface area contributed by atoms with Crippen molar-refractivity contribution in [2.24, 2.45) is 0 Å². The zero-order valence-electron chi connectivity index (χ0n) is 22.0. The average Bonchev–Trinajstić information content (AvgIpc) is 3.73. The molecule has 3 fully saturated rings. The lowest BCUT2D eigenvalue weighted by molar-refractivity contribution is -0.0560. The number of nitrogens with one attached hydrogen (secondary N) is 1. The Kier molecular flexibility index (Phi) is 7.00. The highest BCUT2D eigenvalue weighted by Crippen LogP contribution is 2.50. The van der Waals surface area contributed by atoms with Crippen LogP contribution in [0.5, 0.6) is 0 Å². The summed E-state index contributed by atoms with van der Waals surface area (Å²) in [5.74, 6) is 0.0334. The fourth-order valence-corrected chi connectivity index (χ4v) is 7.11. The van der Waals surface area contributed by atoms with Crippen LogP contribution in [0, 0.1) is 0 Å². The number of hydrogen-bond donors (Lipinski definition) is 5. The lowest BCUT2D eigenvalue weighted by Crippen LogP contribution is -2.43. The molecule has 0 saturated carbocycles. The van der Waals surface area contributed by atoms with Gasteiger partial charge in [-0.15, -0.1) is 0 Å². The molecule has 2 bridgehead atoms. The van der Waals surface area contributed by atoms with E-state index in [1.807, 2.05) is 0 Å². The Balaban J connectivity index is 1.20. The van der Waals surface area contributed by atoms with Crippen molar-refractivity contribution >= 4 is 52.1 Å². The number of phosphoric ester groups is 1. The van der Waals surface area contributed by atoms with E-state index in [2.05, 4.69) is 34.6 Å². The van der Waals surface area contributed by atoms with E-state index >= 15 is 4.39 Å². The van der Waals surface area contributed by atoms with Gasteiger partial charge in [-0.3, -0.25) is 18.2 Å². The number of phosphoric acid groups is 1. The van der Waals surface area contributed by atoms with E-state index in [0.717, 1.165) is 23.5 Å². The van der Waals surface area contributed by atoms with Crippen molar-refractivity contribution in [2.75, 3.05) is 24.6 Å². The summed E-state index contributed by atoms with van der Waals surface area (Å²) < 4.78 is 86.6. The summed E-state index contributed by atoms with van der Waals surface area (Å²) >= 11 is 0. The summed E-state index contributed by atoms with van der Waals surface area (Å²) in [7, 11) is -9.84. The number of aliphatic hydroxyl groups is 1. The van der Waals surface area contributed by atoms with Gasteiger partial charge in [0.2, 0.25) is 0 Å². The fourth-order valence-electron chi connectivity index (χ4n) is 5.22. The number of aromatic nitrogens is 8. The second-order valence-electron chi connectivity index (χ2n) is 9.93. The molecule has 3 unspecified atom stereocenters. The van der Waals surface area contributed by atoms with Gasteiger partial charge >= 0.3 is 18.1 Å². The van der Waals surface area contributed by atoms with Crippen molar-refractivity contribution in [1.82, 2.24) is 43.8 Å². The van der Waals surface area contributed by atoms with E-state index in [9.17, 15) is 23.0 Å². The van der Waals surface area contributed by atoms with Gasteiger partial charge in [0.25, 0.3) is 0 Å². The maximum atomic E-state index is 15.9. The topological polar surface area (TPSA) is 289 Å². The smallest absolute Gasteiger partial charge is 0.387 e. The second-order valence-corrected chi connectivity index (χ2v) is 12.7. The van der Waals surface area contributed by atoms with E-state index in [1.54, 1.807) is 0 Å². The van der Waals surface area contributed by atoms with Crippen LogP contribution in [0.2, 0.25) is 0 Å². The van der Waals surface area contributed by atoms with E-state index in [0.29, 0.717) is 0 Å². The average molecular weight is 660 g/mol. The molecule has 0 radical (unpaired) electrons. The second kappa shape index (κ2) is 10.5. The molecule has 24 heteroatoms. The van der Waals surface area contributed by atoms with Crippen molar-refractivity contribution in [3.63, 3.8) is 0 Å². The van der Waals surface area contributed by atoms with Crippen molar-refractivity contribution < 1.29 is 50.1 Å². The number of aliphatic hydroxyl groups excluding tert-OH is 1.